The Bertz CT molecular complexity index is 779. The van der Waals surface area contributed by atoms with Crippen molar-refractivity contribution in [2.75, 3.05) is 13.7 Å². The molecule has 124 valence electrons. The molecule has 2 aromatic rings. The number of hydrazone groups is 1. The van der Waals surface area contributed by atoms with E-state index in [0.29, 0.717) is 11.5 Å². The summed E-state index contributed by atoms with van der Waals surface area (Å²) in [5.41, 5.74) is 3.27. The lowest BCUT2D eigenvalue weighted by atomic mass is 10.2. The van der Waals surface area contributed by atoms with E-state index in [4.69, 9.17) is 14.2 Å². The monoisotopic (exact) mass is 390 g/mol. The molecular weight excluding hydrogens is 376 g/mol. The summed E-state index contributed by atoms with van der Waals surface area (Å²) in [4.78, 5) is 12.1. The first-order valence-corrected chi connectivity index (χ1v) is 8.01. The molecule has 0 bridgehead atoms. The van der Waals surface area contributed by atoms with Gasteiger partial charge in [0.2, 0.25) is 6.10 Å². The number of fused-ring (bicyclic) bond motifs is 1. The van der Waals surface area contributed by atoms with E-state index in [9.17, 15) is 4.79 Å². The van der Waals surface area contributed by atoms with E-state index < -0.39 is 6.10 Å². The van der Waals surface area contributed by atoms with Gasteiger partial charge < -0.3 is 14.2 Å². The van der Waals surface area contributed by atoms with Gasteiger partial charge in [-0.05, 0) is 51.8 Å². The van der Waals surface area contributed by atoms with Crippen molar-refractivity contribution in [1.82, 2.24) is 5.43 Å². The van der Waals surface area contributed by atoms with Crippen molar-refractivity contribution in [3.63, 3.8) is 0 Å². The van der Waals surface area contributed by atoms with Gasteiger partial charge in [0.15, 0.2) is 11.5 Å². The number of hydrogen-bond donors (Lipinski definition) is 1. The fraction of sp³-hybridized carbons (Fsp3) is 0.176. The Hall–Kier alpha value is -2.54. The summed E-state index contributed by atoms with van der Waals surface area (Å²) in [7, 11) is 1.60. The zero-order valence-corrected chi connectivity index (χ0v) is 14.4. The molecule has 1 N–H and O–H groups in total. The van der Waals surface area contributed by atoms with Crippen molar-refractivity contribution in [2.24, 2.45) is 5.10 Å². The van der Waals surface area contributed by atoms with Crippen molar-refractivity contribution in [3.05, 3.63) is 52.5 Å². The van der Waals surface area contributed by atoms with Gasteiger partial charge in [-0.15, -0.1) is 0 Å². The molecule has 6 nitrogen and oxygen atoms in total. The minimum atomic E-state index is -0.736. The van der Waals surface area contributed by atoms with Crippen LogP contribution in [0.15, 0.2) is 52.0 Å². The minimum absolute atomic E-state index is 0.145. The van der Waals surface area contributed by atoms with Gasteiger partial charge in [-0.1, -0.05) is 12.1 Å². The van der Waals surface area contributed by atoms with E-state index in [1.807, 2.05) is 30.3 Å². The lowest BCUT2D eigenvalue weighted by molar-refractivity contribution is -0.130. The molecule has 1 aliphatic heterocycles. The lowest BCUT2D eigenvalue weighted by Gasteiger charge is -2.24. The molecule has 3 rings (SSSR count). The number of halogens is 1. The number of methoxy groups -OCH3 is 1. The van der Waals surface area contributed by atoms with Crippen LogP contribution in [0.4, 0.5) is 0 Å². The number of carbonyl (C=O) groups is 1. The molecule has 1 atom stereocenters. The van der Waals surface area contributed by atoms with E-state index in [0.717, 1.165) is 15.8 Å². The Balaban J connectivity index is 1.59. The molecule has 0 saturated heterocycles. The summed E-state index contributed by atoms with van der Waals surface area (Å²) >= 11 is 3.40. The average Bonchev–Trinajstić information content (AvgIpc) is 2.61. The van der Waals surface area contributed by atoms with Gasteiger partial charge in [0.1, 0.15) is 12.4 Å². The van der Waals surface area contributed by atoms with Crippen LogP contribution in [0, 0.1) is 0 Å². The normalized spacial score (nSPS) is 16.0. The van der Waals surface area contributed by atoms with E-state index in [-0.39, 0.29) is 12.5 Å². The molecule has 1 amide bonds. The summed E-state index contributed by atoms with van der Waals surface area (Å²) in [6, 6.07) is 12.7. The quantitative estimate of drug-likeness (QED) is 0.643. The summed E-state index contributed by atoms with van der Waals surface area (Å²) in [6.45, 7) is 0.145. The Morgan fingerprint density at radius 3 is 2.88 bits per heavy atom. The molecule has 0 aromatic heterocycles. The van der Waals surface area contributed by atoms with Crippen molar-refractivity contribution in [3.8, 4) is 17.2 Å². The predicted octanol–water partition coefficient (Wildman–Crippen LogP) is 2.75. The summed E-state index contributed by atoms with van der Waals surface area (Å²) in [5, 5.41) is 3.95. The first-order valence-electron chi connectivity index (χ1n) is 7.22. The zero-order valence-electron chi connectivity index (χ0n) is 12.9. The molecule has 0 unspecified atom stereocenters. The summed E-state index contributed by atoms with van der Waals surface area (Å²) < 4.78 is 17.1. The van der Waals surface area contributed by atoms with Crippen LogP contribution < -0.4 is 19.6 Å². The molecule has 1 aliphatic rings. The zero-order chi connectivity index (χ0) is 16.9. The number of rotatable bonds is 4. The molecule has 2 aromatic carbocycles. The van der Waals surface area contributed by atoms with Crippen LogP contribution in [0.1, 0.15) is 5.56 Å². The smallest absolute Gasteiger partial charge is 0.284 e. The molecule has 0 fully saturated rings. The Morgan fingerprint density at radius 2 is 2.12 bits per heavy atom. The highest BCUT2D eigenvalue weighted by Gasteiger charge is 2.26. The Labute approximate surface area is 147 Å². The molecule has 1 heterocycles. The maximum Gasteiger partial charge on any atom is 0.284 e. The number of ether oxygens (including phenoxy) is 3. The van der Waals surface area contributed by atoms with Crippen molar-refractivity contribution < 1.29 is 19.0 Å². The SMILES string of the molecule is COc1ccc(/C=N\NC(=O)[C@H]2COc3ccccc3O2)cc1Br. The minimum Gasteiger partial charge on any atom is -0.496 e. The average molecular weight is 391 g/mol. The molecule has 0 saturated carbocycles. The number of nitrogens with one attached hydrogen (secondary N) is 1. The third-order valence-corrected chi connectivity index (χ3v) is 3.98. The van der Waals surface area contributed by atoms with E-state index in [1.165, 1.54) is 0 Å². The second kappa shape index (κ2) is 7.35. The molecule has 7 heteroatoms. The maximum atomic E-state index is 12.1. The van der Waals surface area contributed by atoms with Gasteiger partial charge in [0.25, 0.3) is 5.91 Å². The van der Waals surface area contributed by atoms with Crippen LogP contribution in [0.5, 0.6) is 17.2 Å². The largest absolute Gasteiger partial charge is 0.496 e. The van der Waals surface area contributed by atoms with Gasteiger partial charge >= 0.3 is 0 Å². The highest BCUT2D eigenvalue weighted by Crippen LogP contribution is 2.30. The van der Waals surface area contributed by atoms with E-state index >= 15 is 0 Å². The lowest BCUT2D eigenvalue weighted by Crippen LogP contribution is -2.42. The van der Waals surface area contributed by atoms with Gasteiger partial charge in [0, 0.05) is 0 Å². The number of para-hydroxylation sites is 2. The van der Waals surface area contributed by atoms with E-state index in [2.05, 4.69) is 26.5 Å². The van der Waals surface area contributed by atoms with Gasteiger partial charge in [-0.3, -0.25) is 4.79 Å². The van der Waals surface area contributed by atoms with Gasteiger partial charge in [-0.2, -0.15) is 5.10 Å². The van der Waals surface area contributed by atoms with Crippen molar-refractivity contribution in [2.45, 2.75) is 6.10 Å². The Morgan fingerprint density at radius 1 is 1.33 bits per heavy atom. The second-order valence-corrected chi connectivity index (χ2v) is 5.85. The first kappa shape index (κ1) is 16.3. The standard InChI is InChI=1S/C17H15BrN2O4/c1-22-13-7-6-11(8-12(13)18)9-19-20-17(21)16-10-23-14-4-2-3-5-15(14)24-16/h2-9,16H,10H2,1H3,(H,20,21)/b19-9-/t16-/m1/s1. The molecule has 0 radical (unpaired) electrons. The van der Waals surface area contributed by atoms with Crippen LogP contribution in [0.3, 0.4) is 0 Å². The third kappa shape index (κ3) is 3.68. The highest BCUT2D eigenvalue weighted by atomic mass is 79.9. The van der Waals surface area contributed by atoms with Crippen molar-refractivity contribution >= 4 is 28.1 Å². The van der Waals surface area contributed by atoms with Crippen molar-refractivity contribution in [1.29, 1.82) is 0 Å². The molecular formula is C17H15BrN2O4. The number of nitrogens with zero attached hydrogens (tertiary/aromatic N) is 1. The number of benzene rings is 2. The van der Waals surface area contributed by atoms with E-state index in [1.54, 1.807) is 25.5 Å². The summed E-state index contributed by atoms with van der Waals surface area (Å²) in [5.74, 6) is 1.54. The van der Waals surface area contributed by atoms with Crippen LogP contribution in [0.25, 0.3) is 0 Å². The van der Waals surface area contributed by atoms with Gasteiger partial charge in [0.05, 0.1) is 17.8 Å². The number of hydrogen-bond acceptors (Lipinski definition) is 5. The second-order valence-electron chi connectivity index (χ2n) is 4.99. The highest BCUT2D eigenvalue weighted by molar-refractivity contribution is 9.10. The third-order valence-electron chi connectivity index (χ3n) is 3.37. The predicted molar refractivity (Wildman–Crippen MR) is 92.8 cm³/mol. The fourth-order valence-electron chi connectivity index (χ4n) is 2.15. The molecule has 0 aliphatic carbocycles. The first-order chi connectivity index (χ1) is 11.7. The number of amides is 1. The summed E-state index contributed by atoms with van der Waals surface area (Å²) in [6.07, 6.45) is 0.805. The van der Waals surface area contributed by atoms with Gasteiger partial charge in [-0.25, -0.2) is 5.43 Å². The topological polar surface area (TPSA) is 69.2 Å². The molecule has 24 heavy (non-hydrogen) atoms. The molecule has 0 spiro atoms. The van der Waals surface area contributed by atoms with Crippen LogP contribution >= 0.6 is 15.9 Å². The van der Waals surface area contributed by atoms with Crippen LogP contribution in [0.2, 0.25) is 0 Å². The van der Waals surface area contributed by atoms with Crippen LogP contribution in [-0.4, -0.2) is 31.9 Å². The Kier molecular flexibility index (Phi) is 5.00. The van der Waals surface area contributed by atoms with Crippen LogP contribution in [-0.2, 0) is 4.79 Å². The maximum absolute atomic E-state index is 12.1. The fourth-order valence-corrected chi connectivity index (χ4v) is 2.71. The number of carbonyl (C=O) groups excluding carboxylic acids is 1.